The fourth-order valence-corrected chi connectivity index (χ4v) is 2.32. The molecule has 110 valence electrons. The van der Waals surface area contributed by atoms with Gasteiger partial charge >= 0.3 is 5.97 Å². The fraction of sp³-hybridized carbons (Fsp3) is 0.529. The zero-order valence-electron chi connectivity index (χ0n) is 12.8. The average Bonchev–Trinajstić information content (AvgIpc) is 2.45. The van der Waals surface area contributed by atoms with Gasteiger partial charge in [0.1, 0.15) is 5.92 Å². The Labute approximate surface area is 121 Å². The Hall–Kier alpha value is -1.64. The number of hydrogen-bond acceptors (Lipinski definition) is 3. The molecular weight excluding hydrogens is 252 g/mol. The Kier molecular flexibility index (Phi) is 5.93. The van der Waals surface area contributed by atoms with Crippen LogP contribution in [-0.2, 0) is 19.7 Å². The molecule has 1 atom stereocenters. The maximum absolute atomic E-state index is 12.8. The monoisotopic (exact) mass is 276 g/mol. The van der Waals surface area contributed by atoms with Gasteiger partial charge in [0.25, 0.3) is 0 Å². The number of benzene rings is 1. The Morgan fingerprint density at radius 1 is 1.15 bits per heavy atom. The molecule has 0 saturated carbocycles. The summed E-state index contributed by atoms with van der Waals surface area (Å²) in [5, 5.41) is 0. The molecule has 1 aromatic carbocycles. The van der Waals surface area contributed by atoms with Crippen LogP contribution in [0.25, 0.3) is 0 Å². The van der Waals surface area contributed by atoms with Gasteiger partial charge in [-0.3, -0.25) is 9.59 Å². The third kappa shape index (κ3) is 3.69. The van der Waals surface area contributed by atoms with Gasteiger partial charge in [0, 0.05) is 5.41 Å². The predicted octanol–water partition coefficient (Wildman–Crippen LogP) is 3.51. The van der Waals surface area contributed by atoms with Crippen molar-refractivity contribution in [3.8, 4) is 0 Å². The summed E-state index contributed by atoms with van der Waals surface area (Å²) in [4.78, 5) is 24.8. The minimum atomic E-state index is -0.687. The number of hydrogen-bond donors (Lipinski definition) is 0. The van der Waals surface area contributed by atoms with Crippen LogP contribution in [0.3, 0.4) is 0 Å². The molecule has 1 rings (SSSR count). The van der Waals surface area contributed by atoms with Gasteiger partial charge < -0.3 is 4.74 Å². The van der Waals surface area contributed by atoms with Crippen molar-refractivity contribution in [1.29, 1.82) is 0 Å². The molecule has 0 aliphatic carbocycles. The van der Waals surface area contributed by atoms with Gasteiger partial charge in [-0.15, -0.1) is 0 Å². The van der Waals surface area contributed by atoms with E-state index in [0.29, 0.717) is 13.0 Å². The highest BCUT2D eigenvalue weighted by atomic mass is 16.5. The van der Waals surface area contributed by atoms with Crippen LogP contribution in [0.4, 0.5) is 0 Å². The number of rotatable bonds is 7. The van der Waals surface area contributed by atoms with Gasteiger partial charge in [-0.05, 0) is 32.8 Å². The molecule has 0 N–H and O–H groups in total. The lowest BCUT2D eigenvalue weighted by molar-refractivity contribution is -0.153. The Morgan fingerprint density at radius 3 is 2.25 bits per heavy atom. The van der Waals surface area contributed by atoms with E-state index in [1.807, 2.05) is 51.1 Å². The third-order valence-corrected chi connectivity index (χ3v) is 3.58. The van der Waals surface area contributed by atoms with E-state index >= 15 is 0 Å². The number of carbonyl (C=O) groups excluding carboxylic acids is 2. The van der Waals surface area contributed by atoms with E-state index in [0.717, 1.165) is 12.0 Å². The van der Waals surface area contributed by atoms with E-state index in [4.69, 9.17) is 4.74 Å². The highest BCUT2D eigenvalue weighted by Crippen LogP contribution is 2.29. The largest absolute Gasteiger partial charge is 0.465 e. The highest BCUT2D eigenvalue weighted by molar-refractivity contribution is 6.04. The molecule has 0 bridgehead atoms. The molecular formula is C17H24O3. The first-order valence-electron chi connectivity index (χ1n) is 7.21. The van der Waals surface area contributed by atoms with Crippen molar-refractivity contribution >= 4 is 11.8 Å². The summed E-state index contributed by atoms with van der Waals surface area (Å²) < 4.78 is 5.05. The maximum Gasteiger partial charge on any atom is 0.316 e. The number of esters is 1. The maximum atomic E-state index is 12.8. The van der Waals surface area contributed by atoms with Crippen LogP contribution in [0.15, 0.2) is 30.3 Å². The summed E-state index contributed by atoms with van der Waals surface area (Å²) in [6.07, 6.45) is 1.31. The van der Waals surface area contributed by atoms with E-state index in [1.54, 1.807) is 6.92 Å². The molecule has 3 heteroatoms. The zero-order valence-corrected chi connectivity index (χ0v) is 12.8. The average molecular weight is 276 g/mol. The number of ether oxygens (including phenoxy) is 1. The van der Waals surface area contributed by atoms with Gasteiger partial charge in [0.15, 0.2) is 5.78 Å². The normalized spacial score (nSPS) is 12.8. The SMILES string of the molecule is CCCC(C(=O)OCC)C(=O)C(C)(C)c1ccccc1. The first-order chi connectivity index (χ1) is 9.45. The Balaban J connectivity index is 3.02. The van der Waals surface area contributed by atoms with Crippen molar-refractivity contribution in [2.24, 2.45) is 5.92 Å². The van der Waals surface area contributed by atoms with Gasteiger partial charge in [-0.1, -0.05) is 43.7 Å². The molecule has 3 nitrogen and oxygen atoms in total. The second kappa shape index (κ2) is 7.22. The molecule has 1 unspecified atom stereocenters. The highest BCUT2D eigenvalue weighted by Gasteiger charge is 2.38. The molecule has 0 amide bonds. The van der Waals surface area contributed by atoms with E-state index in [2.05, 4.69) is 0 Å². The zero-order chi connectivity index (χ0) is 15.2. The second-order valence-electron chi connectivity index (χ2n) is 5.45. The summed E-state index contributed by atoms with van der Waals surface area (Å²) in [6, 6.07) is 9.57. The standard InChI is InChI=1S/C17H24O3/c1-5-10-14(16(19)20-6-2)15(18)17(3,4)13-11-8-7-9-12-13/h7-9,11-12,14H,5-6,10H2,1-4H3. The second-order valence-corrected chi connectivity index (χ2v) is 5.45. The van der Waals surface area contributed by atoms with Gasteiger partial charge in [-0.25, -0.2) is 0 Å². The molecule has 0 spiro atoms. The summed E-state index contributed by atoms with van der Waals surface area (Å²) in [6.45, 7) is 7.76. The first kappa shape index (κ1) is 16.4. The van der Waals surface area contributed by atoms with Crippen molar-refractivity contribution in [1.82, 2.24) is 0 Å². The summed E-state index contributed by atoms with van der Waals surface area (Å²) in [7, 11) is 0. The van der Waals surface area contributed by atoms with Crippen LogP contribution in [0.1, 0.15) is 46.1 Å². The van der Waals surface area contributed by atoms with Crippen LogP contribution < -0.4 is 0 Å². The third-order valence-electron chi connectivity index (χ3n) is 3.58. The van der Waals surface area contributed by atoms with Gasteiger partial charge in [0.2, 0.25) is 0 Å². The van der Waals surface area contributed by atoms with Crippen LogP contribution in [0, 0.1) is 5.92 Å². The van der Waals surface area contributed by atoms with Crippen molar-refractivity contribution in [3.05, 3.63) is 35.9 Å². The fourth-order valence-electron chi connectivity index (χ4n) is 2.32. The lowest BCUT2D eigenvalue weighted by Gasteiger charge is -2.27. The molecule has 0 heterocycles. The first-order valence-corrected chi connectivity index (χ1v) is 7.21. The smallest absolute Gasteiger partial charge is 0.316 e. The number of Topliss-reactive ketones (excluding diaryl/α,β-unsaturated/α-hetero) is 1. The van der Waals surface area contributed by atoms with Gasteiger partial charge in [0.05, 0.1) is 6.61 Å². The molecule has 0 aliphatic heterocycles. The minimum Gasteiger partial charge on any atom is -0.465 e. The Morgan fingerprint density at radius 2 is 1.75 bits per heavy atom. The quantitative estimate of drug-likeness (QED) is 0.565. The minimum absolute atomic E-state index is 0.0657. The molecule has 0 saturated heterocycles. The van der Waals surface area contributed by atoms with E-state index in [9.17, 15) is 9.59 Å². The molecule has 0 aromatic heterocycles. The van der Waals surface area contributed by atoms with Crippen molar-refractivity contribution in [3.63, 3.8) is 0 Å². The van der Waals surface area contributed by atoms with E-state index in [1.165, 1.54) is 0 Å². The molecule has 1 aromatic rings. The number of carbonyl (C=O) groups is 2. The predicted molar refractivity (Wildman–Crippen MR) is 79.5 cm³/mol. The van der Waals surface area contributed by atoms with Crippen LogP contribution in [-0.4, -0.2) is 18.4 Å². The van der Waals surface area contributed by atoms with E-state index in [-0.39, 0.29) is 5.78 Å². The summed E-state index contributed by atoms with van der Waals surface area (Å²) >= 11 is 0. The summed E-state index contributed by atoms with van der Waals surface area (Å²) in [5.41, 5.74) is 0.240. The van der Waals surface area contributed by atoms with Crippen molar-refractivity contribution in [2.75, 3.05) is 6.61 Å². The molecule has 0 fully saturated rings. The topological polar surface area (TPSA) is 43.4 Å². The van der Waals surface area contributed by atoms with Crippen molar-refractivity contribution < 1.29 is 14.3 Å². The van der Waals surface area contributed by atoms with Crippen LogP contribution in [0.2, 0.25) is 0 Å². The van der Waals surface area contributed by atoms with E-state index < -0.39 is 17.3 Å². The molecule has 20 heavy (non-hydrogen) atoms. The van der Waals surface area contributed by atoms with Crippen molar-refractivity contribution in [2.45, 2.75) is 46.0 Å². The lowest BCUT2D eigenvalue weighted by Crippen LogP contribution is -2.39. The van der Waals surface area contributed by atoms with Crippen LogP contribution in [0.5, 0.6) is 0 Å². The van der Waals surface area contributed by atoms with Crippen LogP contribution >= 0.6 is 0 Å². The Bertz CT molecular complexity index is 449. The lowest BCUT2D eigenvalue weighted by atomic mass is 9.74. The number of ketones is 1. The molecule has 0 radical (unpaired) electrons. The van der Waals surface area contributed by atoms with Gasteiger partial charge in [-0.2, -0.15) is 0 Å². The summed E-state index contributed by atoms with van der Waals surface area (Å²) in [5.74, 6) is -1.14. The molecule has 0 aliphatic rings.